The van der Waals surface area contributed by atoms with E-state index in [1.54, 1.807) is 36.4 Å². The number of benzene rings is 2. The number of Topliss-reactive ketones (excluding diaryl/α,β-unsaturated/α-hetero) is 1. The number of carbonyl (C=O) groups is 2. The average molecular weight is 432 g/mol. The first kappa shape index (κ1) is 18.8. The quantitative estimate of drug-likeness (QED) is 0.479. The van der Waals surface area contributed by atoms with Gasteiger partial charge < -0.3 is 9.47 Å². The lowest BCUT2D eigenvalue weighted by atomic mass is 10.1. The number of halogens is 3. The number of carbonyl (C=O) groups excluding carboxylic acids is 2. The minimum atomic E-state index is -0.918. The van der Waals surface area contributed by atoms with Crippen molar-refractivity contribution in [2.45, 2.75) is 13.0 Å². The van der Waals surface area contributed by atoms with E-state index in [2.05, 4.69) is 15.9 Å². The topological polar surface area (TPSA) is 52.6 Å². The van der Waals surface area contributed by atoms with Crippen molar-refractivity contribution < 1.29 is 19.1 Å². The van der Waals surface area contributed by atoms with Crippen LogP contribution < -0.4 is 4.74 Å². The minimum absolute atomic E-state index is 0.285. The van der Waals surface area contributed by atoms with Gasteiger partial charge in [0, 0.05) is 15.1 Å². The number of hydrogen-bond acceptors (Lipinski definition) is 4. The Kier molecular flexibility index (Phi) is 6.66. The van der Waals surface area contributed by atoms with Gasteiger partial charge in [0.05, 0.1) is 5.02 Å². The zero-order valence-electron chi connectivity index (χ0n) is 12.6. The Balaban J connectivity index is 1.90. The van der Waals surface area contributed by atoms with Crippen molar-refractivity contribution in [1.29, 1.82) is 0 Å². The van der Waals surface area contributed by atoms with Crippen LogP contribution in [0.4, 0.5) is 0 Å². The van der Waals surface area contributed by atoms with Crippen molar-refractivity contribution in [1.82, 2.24) is 0 Å². The molecular weight excluding hydrogens is 419 g/mol. The molecule has 1 atom stereocenters. The minimum Gasteiger partial charge on any atom is -0.477 e. The Morgan fingerprint density at radius 1 is 1.17 bits per heavy atom. The average Bonchev–Trinajstić information content (AvgIpc) is 2.54. The van der Waals surface area contributed by atoms with E-state index in [1.165, 1.54) is 13.0 Å². The maximum Gasteiger partial charge on any atom is 0.347 e. The molecule has 0 saturated carbocycles. The summed E-state index contributed by atoms with van der Waals surface area (Å²) in [7, 11) is 0. The zero-order chi connectivity index (χ0) is 17.7. The predicted octanol–water partition coefficient (Wildman–Crippen LogP) is 4.95. The summed E-state index contributed by atoms with van der Waals surface area (Å²) < 4.78 is 11.2. The Morgan fingerprint density at radius 2 is 1.92 bits per heavy atom. The Hall–Kier alpha value is -1.56. The number of ether oxygens (including phenoxy) is 2. The molecule has 2 aromatic carbocycles. The van der Waals surface area contributed by atoms with Crippen LogP contribution in [0.2, 0.25) is 10.0 Å². The van der Waals surface area contributed by atoms with Crippen LogP contribution in [-0.2, 0) is 9.53 Å². The summed E-state index contributed by atoms with van der Waals surface area (Å²) in [6.45, 7) is 1.15. The Morgan fingerprint density at radius 3 is 2.58 bits per heavy atom. The fourth-order valence-electron chi connectivity index (χ4n) is 1.81. The van der Waals surface area contributed by atoms with Crippen LogP contribution >= 0.6 is 39.1 Å². The third-order valence-corrected chi connectivity index (χ3v) is 4.05. The molecule has 0 radical (unpaired) electrons. The van der Waals surface area contributed by atoms with Crippen LogP contribution in [0.1, 0.15) is 17.3 Å². The van der Waals surface area contributed by atoms with E-state index < -0.39 is 12.1 Å². The van der Waals surface area contributed by atoms with Gasteiger partial charge in [0.15, 0.2) is 18.5 Å². The molecule has 2 rings (SSSR count). The van der Waals surface area contributed by atoms with Crippen molar-refractivity contribution in [3.05, 3.63) is 62.5 Å². The molecule has 0 aliphatic heterocycles. The number of hydrogen-bond donors (Lipinski definition) is 0. The number of ketones is 1. The highest BCUT2D eigenvalue weighted by Gasteiger charge is 2.19. The molecule has 7 heteroatoms. The Labute approximate surface area is 157 Å². The van der Waals surface area contributed by atoms with Crippen LogP contribution in [0.15, 0.2) is 46.9 Å². The molecule has 0 aliphatic carbocycles. The molecule has 0 heterocycles. The van der Waals surface area contributed by atoms with Gasteiger partial charge in [-0.2, -0.15) is 0 Å². The highest BCUT2D eigenvalue weighted by molar-refractivity contribution is 9.10. The smallest absolute Gasteiger partial charge is 0.347 e. The first-order chi connectivity index (χ1) is 11.4. The molecule has 0 fully saturated rings. The lowest BCUT2D eigenvalue weighted by molar-refractivity contribution is -0.149. The van der Waals surface area contributed by atoms with E-state index in [-0.39, 0.29) is 17.4 Å². The summed E-state index contributed by atoms with van der Waals surface area (Å²) in [6.07, 6.45) is -0.918. The highest BCUT2D eigenvalue weighted by Crippen LogP contribution is 2.28. The number of rotatable bonds is 6. The number of esters is 1. The van der Waals surface area contributed by atoms with Gasteiger partial charge in [-0.1, -0.05) is 51.3 Å². The van der Waals surface area contributed by atoms with Crippen LogP contribution in [0.3, 0.4) is 0 Å². The van der Waals surface area contributed by atoms with Crippen molar-refractivity contribution in [2.75, 3.05) is 6.61 Å². The maximum atomic E-state index is 12.0. The molecule has 2 aromatic rings. The van der Waals surface area contributed by atoms with Crippen molar-refractivity contribution >= 4 is 50.9 Å². The summed E-state index contributed by atoms with van der Waals surface area (Å²) in [6, 6.07) is 11.5. The summed E-state index contributed by atoms with van der Waals surface area (Å²) in [5.74, 6) is -0.658. The summed E-state index contributed by atoms with van der Waals surface area (Å²) in [4.78, 5) is 23.9. The lowest BCUT2D eigenvalue weighted by Gasteiger charge is -2.14. The largest absolute Gasteiger partial charge is 0.477 e. The molecule has 1 unspecified atom stereocenters. The normalized spacial score (nSPS) is 11.7. The lowest BCUT2D eigenvalue weighted by Crippen LogP contribution is -2.28. The van der Waals surface area contributed by atoms with Gasteiger partial charge >= 0.3 is 5.97 Å². The van der Waals surface area contributed by atoms with Crippen molar-refractivity contribution in [2.24, 2.45) is 0 Å². The second-order valence-electron chi connectivity index (χ2n) is 4.88. The van der Waals surface area contributed by atoms with E-state index in [0.717, 1.165) is 4.47 Å². The molecule has 126 valence electrons. The van der Waals surface area contributed by atoms with Gasteiger partial charge in [-0.3, -0.25) is 4.79 Å². The fraction of sp³-hybridized carbons (Fsp3) is 0.176. The van der Waals surface area contributed by atoms with E-state index in [1.807, 2.05) is 0 Å². The van der Waals surface area contributed by atoms with E-state index in [0.29, 0.717) is 16.3 Å². The molecule has 0 saturated heterocycles. The van der Waals surface area contributed by atoms with Gasteiger partial charge in [0.2, 0.25) is 0 Å². The molecule has 24 heavy (non-hydrogen) atoms. The molecule has 0 bridgehead atoms. The second kappa shape index (κ2) is 8.51. The van der Waals surface area contributed by atoms with Gasteiger partial charge in [0.25, 0.3) is 0 Å². The van der Waals surface area contributed by atoms with Gasteiger partial charge in [-0.15, -0.1) is 0 Å². The third kappa shape index (κ3) is 5.23. The maximum absolute atomic E-state index is 12.0. The first-order valence-electron chi connectivity index (χ1n) is 6.94. The molecule has 0 N–H and O–H groups in total. The molecule has 4 nitrogen and oxygen atoms in total. The molecule has 0 amide bonds. The monoisotopic (exact) mass is 430 g/mol. The van der Waals surface area contributed by atoms with Crippen molar-refractivity contribution in [3.8, 4) is 5.75 Å². The van der Waals surface area contributed by atoms with E-state index in [4.69, 9.17) is 32.7 Å². The Bertz CT molecular complexity index is 764. The van der Waals surface area contributed by atoms with Crippen LogP contribution in [-0.4, -0.2) is 24.5 Å². The summed E-state index contributed by atoms with van der Waals surface area (Å²) >= 11 is 15.1. The van der Waals surface area contributed by atoms with Crippen LogP contribution in [0.25, 0.3) is 0 Å². The van der Waals surface area contributed by atoms with Crippen molar-refractivity contribution in [3.63, 3.8) is 0 Å². The second-order valence-corrected chi connectivity index (χ2v) is 6.64. The van der Waals surface area contributed by atoms with E-state index >= 15 is 0 Å². The molecule has 0 aromatic heterocycles. The summed E-state index contributed by atoms with van der Waals surface area (Å²) in [5, 5.41) is 0.745. The van der Waals surface area contributed by atoms with Crippen LogP contribution in [0, 0.1) is 0 Å². The molecule has 0 aliphatic rings. The highest BCUT2D eigenvalue weighted by atomic mass is 79.9. The van der Waals surface area contributed by atoms with Gasteiger partial charge in [0.1, 0.15) is 5.75 Å². The zero-order valence-corrected chi connectivity index (χ0v) is 15.7. The standard InChI is InChI=1S/C17H13BrCl2O4/c1-10(24-16-6-5-13(19)8-14(16)20)17(22)23-9-15(21)11-3-2-4-12(18)7-11/h2-8,10H,9H2,1H3. The SMILES string of the molecule is CC(Oc1ccc(Cl)cc1Cl)C(=O)OCC(=O)c1cccc(Br)c1. The molecular formula is C17H13BrCl2O4. The van der Waals surface area contributed by atoms with Crippen LogP contribution in [0.5, 0.6) is 5.75 Å². The predicted molar refractivity (Wildman–Crippen MR) is 96.0 cm³/mol. The van der Waals surface area contributed by atoms with Gasteiger partial charge in [-0.25, -0.2) is 4.79 Å². The molecule has 0 spiro atoms. The van der Waals surface area contributed by atoms with E-state index in [9.17, 15) is 9.59 Å². The third-order valence-electron chi connectivity index (χ3n) is 3.02. The first-order valence-corrected chi connectivity index (χ1v) is 8.49. The summed E-state index contributed by atoms with van der Waals surface area (Å²) in [5.41, 5.74) is 0.450. The fourth-order valence-corrected chi connectivity index (χ4v) is 2.66. The van der Waals surface area contributed by atoms with Gasteiger partial charge in [-0.05, 0) is 37.3 Å².